The van der Waals surface area contributed by atoms with Crippen LogP contribution in [0.3, 0.4) is 0 Å². The van der Waals surface area contributed by atoms with Gasteiger partial charge in [-0.1, -0.05) is 19.3 Å². The Morgan fingerprint density at radius 2 is 1.79 bits per heavy atom. The van der Waals surface area contributed by atoms with E-state index in [4.69, 9.17) is 5.11 Å². The van der Waals surface area contributed by atoms with Crippen molar-refractivity contribution in [3.8, 4) is 0 Å². The van der Waals surface area contributed by atoms with E-state index in [0.29, 0.717) is 12.8 Å². The highest BCUT2D eigenvalue weighted by atomic mass is 32.2. The molecule has 0 amide bonds. The fourth-order valence-corrected chi connectivity index (χ4v) is 2.87. The molecule has 1 rings (SSSR count). The summed E-state index contributed by atoms with van der Waals surface area (Å²) >= 11 is 0. The number of sulfonamides is 1. The zero-order valence-electron chi connectivity index (χ0n) is 8.12. The summed E-state index contributed by atoms with van der Waals surface area (Å²) in [5, 5.41) is 9.03. The van der Waals surface area contributed by atoms with Gasteiger partial charge in [-0.15, -0.1) is 0 Å². The van der Waals surface area contributed by atoms with Gasteiger partial charge in [-0.05, 0) is 12.8 Å². The average Bonchev–Trinajstić information content (AvgIpc) is 2.02. The minimum Gasteiger partial charge on any atom is -0.480 e. The summed E-state index contributed by atoms with van der Waals surface area (Å²) in [6.45, 7) is 0. The third kappa shape index (κ3) is 2.68. The van der Waals surface area contributed by atoms with Gasteiger partial charge in [0.15, 0.2) is 0 Å². The summed E-state index contributed by atoms with van der Waals surface area (Å²) < 4.78 is 24.3. The van der Waals surface area contributed by atoms with Gasteiger partial charge in [0.1, 0.15) is 5.54 Å². The fraction of sp³-hybridized carbons (Fsp3) is 0.875. The van der Waals surface area contributed by atoms with Crippen LogP contribution in [0.25, 0.3) is 0 Å². The summed E-state index contributed by atoms with van der Waals surface area (Å²) in [6, 6.07) is 0. The molecule has 6 heteroatoms. The Hall–Kier alpha value is -0.620. The van der Waals surface area contributed by atoms with Crippen LogP contribution in [-0.2, 0) is 14.8 Å². The first kappa shape index (κ1) is 11.5. The van der Waals surface area contributed by atoms with Gasteiger partial charge in [0.25, 0.3) is 0 Å². The molecule has 1 saturated carbocycles. The summed E-state index contributed by atoms with van der Waals surface area (Å²) in [5.74, 6) is -1.07. The van der Waals surface area contributed by atoms with Gasteiger partial charge in [-0.2, -0.15) is 4.72 Å². The largest absolute Gasteiger partial charge is 0.480 e. The minimum absolute atomic E-state index is 0.384. The van der Waals surface area contributed by atoms with Crippen LogP contribution in [0.1, 0.15) is 32.1 Å². The number of rotatable bonds is 3. The standard InChI is InChI=1S/C8H15NO4S/c1-14(12,13)9-8(7(10)11)5-3-2-4-6-8/h9H,2-6H2,1H3,(H,10,11). The van der Waals surface area contributed by atoms with E-state index in [9.17, 15) is 13.2 Å². The summed E-state index contributed by atoms with van der Waals surface area (Å²) in [4.78, 5) is 11.0. The molecule has 0 atom stereocenters. The lowest BCUT2D eigenvalue weighted by Crippen LogP contribution is -2.55. The number of nitrogens with one attached hydrogen (secondary N) is 1. The van der Waals surface area contributed by atoms with E-state index in [-0.39, 0.29) is 0 Å². The number of aliphatic carboxylic acids is 1. The predicted molar refractivity (Wildman–Crippen MR) is 51.4 cm³/mol. The molecule has 0 aliphatic heterocycles. The second kappa shape index (κ2) is 3.86. The topological polar surface area (TPSA) is 83.5 Å². The van der Waals surface area contributed by atoms with E-state index in [1.165, 1.54) is 0 Å². The van der Waals surface area contributed by atoms with E-state index in [1.54, 1.807) is 0 Å². The maximum atomic E-state index is 11.0. The molecule has 1 aliphatic carbocycles. The van der Waals surface area contributed by atoms with Crippen molar-refractivity contribution < 1.29 is 18.3 Å². The molecule has 14 heavy (non-hydrogen) atoms. The van der Waals surface area contributed by atoms with Crippen LogP contribution in [0.15, 0.2) is 0 Å². The Labute approximate surface area is 83.6 Å². The van der Waals surface area contributed by atoms with Gasteiger partial charge < -0.3 is 5.11 Å². The van der Waals surface area contributed by atoms with E-state index in [2.05, 4.69) is 4.72 Å². The Balaban J connectivity index is 2.87. The van der Waals surface area contributed by atoms with Gasteiger partial charge in [0, 0.05) is 0 Å². The van der Waals surface area contributed by atoms with Crippen molar-refractivity contribution in [2.24, 2.45) is 0 Å². The minimum atomic E-state index is -3.46. The highest BCUT2D eigenvalue weighted by molar-refractivity contribution is 7.88. The number of carboxylic acid groups (broad SMARTS) is 1. The molecule has 0 saturated heterocycles. The molecule has 0 radical (unpaired) electrons. The molecule has 2 N–H and O–H groups in total. The fourth-order valence-electron chi connectivity index (χ4n) is 1.87. The molecule has 0 bridgehead atoms. The van der Waals surface area contributed by atoms with Gasteiger partial charge in [0.05, 0.1) is 6.26 Å². The smallest absolute Gasteiger partial charge is 0.324 e. The molecule has 1 fully saturated rings. The summed E-state index contributed by atoms with van der Waals surface area (Å²) in [5.41, 5.74) is -1.26. The van der Waals surface area contributed by atoms with Crippen LogP contribution in [0, 0.1) is 0 Å². The zero-order chi connectivity index (χ0) is 10.8. The molecule has 1 aliphatic rings. The average molecular weight is 221 g/mol. The zero-order valence-corrected chi connectivity index (χ0v) is 8.93. The van der Waals surface area contributed by atoms with E-state index in [0.717, 1.165) is 25.5 Å². The van der Waals surface area contributed by atoms with Crippen molar-refractivity contribution in [3.05, 3.63) is 0 Å². The Bertz CT molecular complexity index is 316. The first-order valence-corrected chi connectivity index (χ1v) is 6.47. The Morgan fingerprint density at radius 1 is 1.29 bits per heavy atom. The van der Waals surface area contributed by atoms with Crippen LogP contribution in [0.2, 0.25) is 0 Å². The van der Waals surface area contributed by atoms with Crippen molar-refractivity contribution >= 4 is 16.0 Å². The SMILES string of the molecule is CS(=O)(=O)NC1(C(=O)O)CCCCC1. The lowest BCUT2D eigenvalue weighted by Gasteiger charge is -2.32. The van der Waals surface area contributed by atoms with E-state index < -0.39 is 21.5 Å². The molecule has 0 spiro atoms. The number of hydrogen-bond donors (Lipinski definition) is 2. The molecule has 0 aromatic heterocycles. The normalized spacial score (nSPS) is 21.8. The lowest BCUT2D eigenvalue weighted by molar-refractivity contribution is -0.145. The second-order valence-corrected chi connectivity index (χ2v) is 5.57. The van der Waals surface area contributed by atoms with Crippen molar-refractivity contribution in [1.29, 1.82) is 0 Å². The molecular weight excluding hydrogens is 206 g/mol. The quantitative estimate of drug-likeness (QED) is 0.719. The number of carbonyl (C=O) groups is 1. The van der Waals surface area contributed by atoms with Gasteiger partial charge in [0.2, 0.25) is 10.0 Å². The maximum absolute atomic E-state index is 11.0. The Kier molecular flexibility index (Phi) is 3.16. The van der Waals surface area contributed by atoms with Crippen LogP contribution in [-0.4, -0.2) is 31.3 Å². The second-order valence-electron chi connectivity index (χ2n) is 3.82. The number of carboxylic acids is 1. The van der Waals surface area contributed by atoms with Crippen molar-refractivity contribution in [2.75, 3.05) is 6.26 Å². The van der Waals surface area contributed by atoms with Crippen LogP contribution >= 0.6 is 0 Å². The van der Waals surface area contributed by atoms with Gasteiger partial charge in [-0.25, -0.2) is 8.42 Å². The van der Waals surface area contributed by atoms with Crippen LogP contribution in [0.5, 0.6) is 0 Å². The molecule has 0 aromatic carbocycles. The van der Waals surface area contributed by atoms with Crippen LogP contribution in [0.4, 0.5) is 0 Å². The van der Waals surface area contributed by atoms with E-state index >= 15 is 0 Å². The molecular formula is C8H15NO4S. The Morgan fingerprint density at radius 3 is 2.14 bits per heavy atom. The lowest BCUT2D eigenvalue weighted by atomic mass is 9.83. The molecule has 82 valence electrons. The summed E-state index contributed by atoms with van der Waals surface area (Å²) in [6.07, 6.45) is 4.25. The first-order chi connectivity index (χ1) is 6.36. The van der Waals surface area contributed by atoms with Gasteiger partial charge in [-0.3, -0.25) is 4.79 Å². The van der Waals surface area contributed by atoms with E-state index in [1.807, 2.05) is 0 Å². The van der Waals surface area contributed by atoms with Crippen molar-refractivity contribution in [2.45, 2.75) is 37.6 Å². The monoisotopic (exact) mass is 221 g/mol. The highest BCUT2D eigenvalue weighted by Gasteiger charge is 2.41. The highest BCUT2D eigenvalue weighted by Crippen LogP contribution is 2.28. The maximum Gasteiger partial charge on any atom is 0.324 e. The first-order valence-electron chi connectivity index (χ1n) is 4.58. The summed E-state index contributed by atoms with van der Waals surface area (Å²) in [7, 11) is -3.46. The van der Waals surface area contributed by atoms with Crippen molar-refractivity contribution in [3.63, 3.8) is 0 Å². The third-order valence-electron chi connectivity index (χ3n) is 2.50. The van der Waals surface area contributed by atoms with Gasteiger partial charge >= 0.3 is 5.97 Å². The van der Waals surface area contributed by atoms with Crippen LogP contribution < -0.4 is 4.72 Å². The molecule has 0 unspecified atom stereocenters. The predicted octanol–water partition coefficient (Wildman–Crippen LogP) is 0.323. The molecule has 0 aromatic rings. The van der Waals surface area contributed by atoms with Crippen molar-refractivity contribution in [1.82, 2.24) is 4.72 Å². The third-order valence-corrected chi connectivity index (χ3v) is 3.26. The molecule has 0 heterocycles. The number of hydrogen-bond acceptors (Lipinski definition) is 3. The molecule has 5 nitrogen and oxygen atoms in total.